The maximum atomic E-state index is 11.8. The van der Waals surface area contributed by atoms with Crippen molar-refractivity contribution in [2.45, 2.75) is 26.3 Å². The van der Waals surface area contributed by atoms with Crippen LogP contribution in [0.25, 0.3) is 6.08 Å². The van der Waals surface area contributed by atoms with Gasteiger partial charge in [0.25, 0.3) is 0 Å². The van der Waals surface area contributed by atoms with E-state index in [1.54, 1.807) is 13.2 Å². The minimum absolute atomic E-state index is 0.0414. The summed E-state index contributed by atoms with van der Waals surface area (Å²) in [4.78, 5) is 11.8. The van der Waals surface area contributed by atoms with Crippen LogP contribution >= 0.6 is 0 Å². The summed E-state index contributed by atoms with van der Waals surface area (Å²) >= 11 is 0. The van der Waals surface area contributed by atoms with Crippen molar-refractivity contribution in [1.82, 2.24) is 5.32 Å². The second-order valence-corrected chi connectivity index (χ2v) is 5.12. The molecular weight excluding hydrogens is 254 g/mol. The molecule has 4 nitrogen and oxygen atoms in total. The van der Waals surface area contributed by atoms with E-state index in [2.05, 4.69) is 19.2 Å². The molecule has 4 heteroatoms. The zero-order valence-electron chi connectivity index (χ0n) is 12.3. The molecule has 0 saturated heterocycles. The molecule has 1 aromatic rings. The van der Waals surface area contributed by atoms with Gasteiger partial charge in [-0.2, -0.15) is 0 Å². The van der Waals surface area contributed by atoms with E-state index in [1.165, 1.54) is 6.08 Å². The normalized spacial score (nSPS) is 12.7. The second kappa shape index (κ2) is 8.38. The van der Waals surface area contributed by atoms with E-state index in [0.717, 1.165) is 17.7 Å². The predicted octanol–water partition coefficient (Wildman–Crippen LogP) is 2.23. The number of hydrogen-bond acceptors (Lipinski definition) is 3. The lowest BCUT2D eigenvalue weighted by atomic mass is 10.0. The molecule has 1 rings (SSSR count). The van der Waals surface area contributed by atoms with Gasteiger partial charge in [-0.1, -0.05) is 26.0 Å². The minimum atomic E-state index is -0.194. The van der Waals surface area contributed by atoms with Crippen molar-refractivity contribution in [3.8, 4) is 5.75 Å². The topological polar surface area (TPSA) is 58.6 Å². The standard InChI is InChI=1S/C16H23NO3/c1-12(2)10-14(11-18)17-16(19)9-6-13-4-7-15(20-3)8-5-13/h4-9,12,14,18H,10-11H2,1-3H3,(H,17,19)/b9-6+. The van der Waals surface area contributed by atoms with Gasteiger partial charge in [0.2, 0.25) is 5.91 Å². The fourth-order valence-corrected chi connectivity index (χ4v) is 1.88. The summed E-state index contributed by atoms with van der Waals surface area (Å²) in [7, 11) is 1.61. The third-order valence-electron chi connectivity index (χ3n) is 2.87. The molecule has 20 heavy (non-hydrogen) atoms. The average molecular weight is 277 g/mol. The minimum Gasteiger partial charge on any atom is -0.497 e. The highest BCUT2D eigenvalue weighted by molar-refractivity contribution is 5.91. The number of carbonyl (C=O) groups is 1. The van der Waals surface area contributed by atoms with Crippen LogP contribution in [0.3, 0.4) is 0 Å². The average Bonchev–Trinajstić information content (AvgIpc) is 2.44. The lowest BCUT2D eigenvalue weighted by Crippen LogP contribution is -2.37. The number of aliphatic hydroxyl groups is 1. The number of nitrogens with one attached hydrogen (secondary N) is 1. The zero-order valence-corrected chi connectivity index (χ0v) is 12.3. The molecule has 0 fully saturated rings. The zero-order chi connectivity index (χ0) is 15.0. The highest BCUT2D eigenvalue weighted by atomic mass is 16.5. The molecule has 0 heterocycles. The Morgan fingerprint density at radius 3 is 2.50 bits per heavy atom. The monoisotopic (exact) mass is 277 g/mol. The molecule has 0 saturated carbocycles. The Kier molecular flexibility index (Phi) is 6.81. The van der Waals surface area contributed by atoms with Crippen molar-refractivity contribution < 1.29 is 14.6 Å². The van der Waals surface area contributed by atoms with E-state index >= 15 is 0 Å². The summed E-state index contributed by atoms with van der Waals surface area (Å²) in [6, 6.07) is 7.24. The molecule has 1 atom stereocenters. The van der Waals surface area contributed by atoms with Crippen LogP contribution in [0.1, 0.15) is 25.8 Å². The molecule has 1 unspecified atom stereocenters. The number of ether oxygens (including phenoxy) is 1. The van der Waals surface area contributed by atoms with Gasteiger partial charge in [0.15, 0.2) is 0 Å². The van der Waals surface area contributed by atoms with Crippen LogP contribution in [0.2, 0.25) is 0 Å². The molecule has 110 valence electrons. The van der Waals surface area contributed by atoms with Gasteiger partial charge in [0.1, 0.15) is 5.75 Å². The van der Waals surface area contributed by atoms with Crippen LogP contribution in [0.4, 0.5) is 0 Å². The summed E-state index contributed by atoms with van der Waals surface area (Å²) in [5, 5.41) is 12.0. The van der Waals surface area contributed by atoms with Crippen molar-refractivity contribution in [1.29, 1.82) is 0 Å². The smallest absolute Gasteiger partial charge is 0.244 e. The van der Waals surface area contributed by atoms with E-state index in [4.69, 9.17) is 4.74 Å². The van der Waals surface area contributed by atoms with Gasteiger partial charge in [0, 0.05) is 6.08 Å². The first-order valence-corrected chi connectivity index (χ1v) is 6.78. The van der Waals surface area contributed by atoms with Gasteiger partial charge >= 0.3 is 0 Å². The molecule has 0 aliphatic heterocycles. The fraction of sp³-hybridized carbons (Fsp3) is 0.438. The van der Waals surface area contributed by atoms with Crippen LogP contribution in [0, 0.1) is 5.92 Å². The van der Waals surface area contributed by atoms with Crippen molar-refractivity contribution in [2.75, 3.05) is 13.7 Å². The van der Waals surface area contributed by atoms with E-state index in [9.17, 15) is 9.90 Å². The van der Waals surface area contributed by atoms with Crippen molar-refractivity contribution in [3.05, 3.63) is 35.9 Å². The predicted molar refractivity (Wildman–Crippen MR) is 80.5 cm³/mol. The Labute approximate surface area is 120 Å². The number of amides is 1. The summed E-state index contributed by atoms with van der Waals surface area (Å²) in [5.41, 5.74) is 0.922. The largest absolute Gasteiger partial charge is 0.497 e. The third-order valence-corrected chi connectivity index (χ3v) is 2.87. The molecule has 0 bridgehead atoms. The number of carbonyl (C=O) groups excluding carboxylic acids is 1. The molecule has 0 aromatic heterocycles. The molecule has 0 radical (unpaired) electrons. The van der Waals surface area contributed by atoms with Gasteiger partial charge in [-0.25, -0.2) is 0 Å². The van der Waals surface area contributed by atoms with E-state index in [0.29, 0.717) is 5.92 Å². The Bertz CT molecular complexity index is 438. The maximum Gasteiger partial charge on any atom is 0.244 e. The SMILES string of the molecule is COc1ccc(/C=C/C(=O)NC(CO)CC(C)C)cc1. The van der Waals surface area contributed by atoms with Gasteiger partial charge in [-0.05, 0) is 36.1 Å². The van der Waals surface area contributed by atoms with Crippen LogP contribution in [-0.4, -0.2) is 30.8 Å². The quantitative estimate of drug-likeness (QED) is 0.751. The molecule has 0 spiro atoms. The second-order valence-electron chi connectivity index (χ2n) is 5.12. The van der Waals surface area contributed by atoms with E-state index in [-0.39, 0.29) is 18.6 Å². The number of aliphatic hydroxyl groups excluding tert-OH is 1. The number of hydrogen-bond donors (Lipinski definition) is 2. The Hall–Kier alpha value is -1.81. The first-order valence-electron chi connectivity index (χ1n) is 6.78. The summed E-state index contributed by atoms with van der Waals surface area (Å²) in [6.45, 7) is 4.07. The van der Waals surface area contributed by atoms with Crippen molar-refractivity contribution in [3.63, 3.8) is 0 Å². The van der Waals surface area contributed by atoms with Gasteiger partial charge in [-0.15, -0.1) is 0 Å². The highest BCUT2D eigenvalue weighted by Gasteiger charge is 2.11. The lowest BCUT2D eigenvalue weighted by Gasteiger charge is -2.17. The Morgan fingerprint density at radius 2 is 2.00 bits per heavy atom. The van der Waals surface area contributed by atoms with Crippen LogP contribution in [-0.2, 0) is 4.79 Å². The molecule has 0 aliphatic rings. The number of benzene rings is 1. The first-order chi connectivity index (χ1) is 9.55. The molecular formula is C16H23NO3. The third kappa shape index (κ3) is 5.89. The first kappa shape index (κ1) is 16.2. The van der Waals surface area contributed by atoms with Crippen LogP contribution in [0.5, 0.6) is 5.75 Å². The van der Waals surface area contributed by atoms with Crippen LogP contribution < -0.4 is 10.1 Å². The summed E-state index contributed by atoms with van der Waals surface area (Å²) < 4.78 is 5.07. The highest BCUT2D eigenvalue weighted by Crippen LogP contribution is 2.12. The van der Waals surface area contributed by atoms with Crippen molar-refractivity contribution >= 4 is 12.0 Å². The molecule has 1 aromatic carbocycles. The van der Waals surface area contributed by atoms with Crippen molar-refractivity contribution in [2.24, 2.45) is 5.92 Å². The van der Waals surface area contributed by atoms with Gasteiger partial charge < -0.3 is 15.2 Å². The van der Waals surface area contributed by atoms with E-state index < -0.39 is 0 Å². The van der Waals surface area contributed by atoms with E-state index in [1.807, 2.05) is 24.3 Å². The Morgan fingerprint density at radius 1 is 1.35 bits per heavy atom. The van der Waals surface area contributed by atoms with Gasteiger partial charge in [-0.3, -0.25) is 4.79 Å². The Balaban J connectivity index is 2.53. The van der Waals surface area contributed by atoms with Gasteiger partial charge in [0.05, 0.1) is 19.8 Å². The molecule has 1 amide bonds. The number of rotatable bonds is 7. The fourth-order valence-electron chi connectivity index (χ4n) is 1.88. The molecule has 0 aliphatic carbocycles. The maximum absolute atomic E-state index is 11.8. The lowest BCUT2D eigenvalue weighted by molar-refractivity contribution is -0.117. The van der Waals surface area contributed by atoms with Crippen LogP contribution in [0.15, 0.2) is 30.3 Å². The molecule has 2 N–H and O–H groups in total. The summed E-state index contributed by atoms with van der Waals surface area (Å²) in [5.74, 6) is 1.02. The summed E-state index contributed by atoms with van der Waals surface area (Å²) in [6.07, 6.45) is 3.97. The number of methoxy groups -OCH3 is 1.